The van der Waals surface area contributed by atoms with Gasteiger partial charge in [0.1, 0.15) is 5.60 Å². The fourth-order valence-corrected chi connectivity index (χ4v) is 3.46. The van der Waals surface area contributed by atoms with Crippen molar-refractivity contribution in [3.63, 3.8) is 0 Å². The van der Waals surface area contributed by atoms with Crippen molar-refractivity contribution < 1.29 is 9.53 Å². The molecule has 1 aliphatic rings. The molecule has 0 aromatic heterocycles. The normalized spacial score (nSPS) is 22.7. The van der Waals surface area contributed by atoms with Gasteiger partial charge in [0.05, 0.1) is 0 Å². The van der Waals surface area contributed by atoms with Crippen LogP contribution in [0.2, 0.25) is 0 Å². The van der Waals surface area contributed by atoms with Gasteiger partial charge in [-0.1, -0.05) is 27.7 Å². The maximum atomic E-state index is 11.8. The molecule has 4 heteroatoms. The Morgan fingerprint density at radius 1 is 1.00 bits per heavy atom. The third-order valence-corrected chi connectivity index (χ3v) is 4.80. The largest absolute Gasteiger partial charge is 0.444 e. The second-order valence-corrected chi connectivity index (χ2v) is 8.75. The van der Waals surface area contributed by atoms with Crippen LogP contribution in [-0.2, 0) is 4.74 Å². The van der Waals surface area contributed by atoms with E-state index in [9.17, 15) is 4.79 Å². The van der Waals surface area contributed by atoms with Gasteiger partial charge in [0, 0.05) is 12.1 Å². The summed E-state index contributed by atoms with van der Waals surface area (Å²) in [7, 11) is 0. The number of hydrogen-bond donors (Lipinski definition) is 2. The highest BCUT2D eigenvalue weighted by atomic mass is 16.6. The van der Waals surface area contributed by atoms with Crippen LogP contribution in [0.5, 0.6) is 0 Å². The first-order chi connectivity index (χ1) is 10.6. The minimum absolute atomic E-state index is 0.258. The molecule has 1 saturated carbocycles. The summed E-state index contributed by atoms with van der Waals surface area (Å²) in [6.07, 6.45) is 4.04. The van der Waals surface area contributed by atoms with E-state index in [4.69, 9.17) is 4.74 Å². The van der Waals surface area contributed by atoms with Gasteiger partial charge in [0.25, 0.3) is 0 Å². The molecule has 0 spiro atoms. The molecule has 136 valence electrons. The predicted molar refractivity (Wildman–Crippen MR) is 96.6 cm³/mol. The lowest BCUT2D eigenvalue weighted by molar-refractivity contribution is 0.0489. The Balaban J connectivity index is 2.29. The molecule has 0 bridgehead atoms. The monoisotopic (exact) mass is 326 g/mol. The number of carbonyl (C=O) groups is 1. The molecule has 0 heterocycles. The van der Waals surface area contributed by atoms with Crippen molar-refractivity contribution in [2.75, 3.05) is 6.54 Å². The molecular weight excluding hydrogens is 288 g/mol. The van der Waals surface area contributed by atoms with Crippen LogP contribution in [0.25, 0.3) is 0 Å². The van der Waals surface area contributed by atoms with Gasteiger partial charge in [0.15, 0.2) is 0 Å². The van der Waals surface area contributed by atoms with Crippen LogP contribution in [0, 0.1) is 17.8 Å². The lowest BCUT2D eigenvalue weighted by atomic mass is 9.84. The van der Waals surface area contributed by atoms with Gasteiger partial charge in [-0.25, -0.2) is 4.79 Å². The fraction of sp³-hybridized carbons (Fsp3) is 0.947. The summed E-state index contributed by atoms with van der Waals surface area (Å²) >= 11 is 0. The molecule has 1 aliphatic carbocycles. The quantitative estimate of drug-likeness (QED) is 0.763. The summed E-state index contributed by atoms with van der Waals surface area (Å²) in [6, 6.07) is 0.848. The lowest BCUT2D eigenvalue weighted by Crippen LogP contribution is -2.45. The summed E-state index contributed by atoms with van der Waals surface area (Å²) in [4.78, 5) is 11.8. The Morgan fingerprint density at radius 3 is 1.91 bits per heavy atom. The third kappa shape index (κ3) is 8.05. The molecule has 0 unspecified atom stereocenters. The fourth-order valence-electron chi connectivity index (χ4n) is 3.46. The molecule has 4 nitrogen and oxygen atoms in total. The van der Waals surface area contributed by atoms with Crippen molar-refractivity contribution in [3.8, 4) is 0 Å². The molecule has 1 rings (SSSR count). The van der Waals surface area contributed by atoms with Crippen LogP contribution in [0.4, 0.5) is 4.79 Å². The summed E-state index contributed by atoms with van der Waals surface area (Å²) in [5.41, 5.74) is -0.425. The zero-order chi connectivity index (χ0) is 17.6. The second kappa shape index (κ2) is 8.91. The SMILES string of the molecule is CC(C)C(CNC1CCC(NC(=O)OC(C)(C)C)CC1)C(C)C. The van der Waals surface area contributed by atoms with Crippen molar-refractivity contribution in [2.45, 2.75) is 91.8 Å². The number of alkyl carbamates (subject to hydrolysis) is 1. The number of carbonyl (C=O) groups excluding carboxylic acids is 1. The molecule has 0 atom stereocenters. The van der Waals surface area contributed by atoms with Gasteiger partial charge in [0.2, 0.25) is 0 Å². The van der Waals surface area contributed by atoms with Crippen molar-refractivity contribution in [3.05, 3.63) is 0 Å². The minimum Gasteiger partial charge on any atom is -0.444 e. The number of rotatable bonds is 6. The van der Waals surface area contributed by atoms with E-state index >= 15 is 0 Å². The van der Waals surface area contributed by atoms with E-state index in [2.05, 4.69) is 38.3 Å². The molecule has 2 N–H and O–H groups in total. The van der Waals surface area contributed by atoms with Crippen LogP contribution < -0.4 is 10.6 Å². The smallest absolute Gasteiger partial charge is 0.407 e. The van der Waals surface area contributed by atoms with E-state index in [-0.39, 0.29) is 12.1 Å². The van der Waals surface area contributed by atoms with E-state index in [0.29, 0.717) is 17.9 Å². The van der Waals surface area contributed by atoms with Crippen molar-refractivity contribution in [1.29, 1.82) is 0 Å². The molecule has 0 aromatic rings. The number of ether oxygens (including phenoxy) is 1. The zero-order valence-electron chi connectivity index (χ0n) is 16.2. The van der Waals surface area contributed by atoms with Crippen LogP contribution in [-0.4, -0.2) is 30.3 Å². The van der Waals surface area contributed by atoms with E-state index < -0.39 is 5.60 Å². The summed E-state index contributed by atoms with van der Waals surface area (Å²) < 4.78 is 5.33. The van der Waals surface area contributed by atoms with Crippen molar-refractivity contribution >= 4 is 6.09 Å². The Hall–Kier alpha value is -0.770. The molecule has 23 heavy (non-hydrogen) atoms. The topological polar surface area (TPSA) is 50.4 Å². The van der Waals surface area contributed by atoms with Crippen molar-refractivity contribution in [1.82, 2.24) is 10.6 Å². The number of amides is 1. The highest BCUT2D eigenvalue weighted by molar-refractivity contribution is 5.68. The standard InChI is InChI=1S/C19H38N2O2/c1-13(2)17(14(3)4)12-20-15-8-10-16(11-9-15)21-18(22)23-19(5,6)7/h13-17,20H,8-12H2,1-7H3,(H,21,22). The maximum absolute atomic E-state index is 11.8. The minimum atomic E-state index is -0.425. The van der Waals surface area contributed by atoms with Gasteiger partial charge in [-0.15, -0.1) is 0 Å². The van der Waals surface area contributed by atoms with Gasteiger partial charge >= 0.3 is 6.09 Å². The van der Waals surface area contributed by atoms with Crippen LogP contribution in [0.15, 0.2) is 0 Å². The number of nitrogens with one attached hydrogen (secondary N) is 2. The molecule has 1 amide bonds. The van der Waals surface area contributed by atoms with Crippen LogP contribution >= 0.6 is 0 Å². The highest BCUT2D eigenvalue weighted by Crippen LogP contribution is 2.23. The van der Waals surface area contributed by atoms with E-state index in [1.54, 1.807) is 0 Å². The molecular formula is C19H38N2O2. The second-order valence-electron chi connectivity index (χ2n) is 8.75. The first-order valence-electron chi connectivity index (χ1n) is 9.31. The summed E-state index contributed by atoms with van der Waals surface area (Å²) in [5, 5.41) is 6.76. The lowest BCUT2D eigenvalue weighted by Gasteiger charge is -2.33. The first-order valence-corrected chi connectivity index (χ1v) is 9.31. The summed E-state index contributed by atoms with van der Waals surface area (Å²) in [5.74, 6) is 2.16. The summed E-state index contributed by atoms with van der Waals surface area (Å²) in [6.45, 7) is 16.0. The van der Waals surface area contributed by atoms with E-state index in [1.165, 1.54) is 0 Å². The van der Waals surface area contributed by atoms with Gasteiger partial charge in [-0.3, -0.25) is 0 Å². The molecule has 1 fully saturated rings. The van der Waals surface area contributed by atoms with Gasteiger partial charge in [-0.2, -0.15) is 0 Å². The molecule has 0 radical (unpaired) electrons. The highest BCUT2D eigenvalue weighted by Gasteiger charge is 2.25. The average Bonchev–Trinajstić information content (AvgIpc) is 2.37. The van der Waals surface area contributed by atoms with Crippen molar-refractivity contribution in [2.24, 2.45) is 17.8 Å². The first kappa shape index (κ1) is 20.3. The molecule has 0 aliphatic heterocycles. The van der Waals surface area contributed by atoms with Gasteiger partial charge in [-0.05, 0) is 70.8 Å². The Bertz CT molecular complexity index is 345. The van der Waals surface area contributed by atoms with Crippen LogP contribution in [0.3, 0.4) is 0 Å². The molecule has 0 aromatic carbocycles. The maximum Gasteiger partial charge on any atom is 0.407 e. The Labute approximate surface area is 143 Å². The predicted octanol–water partition coefficient (Wildman–Crippen LogP) is 4.34. The Morgan fingerprint density at radius 2 is 1.48 bits per heavy atom. The van der Waals surface area contributed by atoms with Gasteiger partial charge < -0.3 is 15.4 Å². The third-order valence-electron chi connectivity index (χ3n) is 4.80. The van der Waals surface area contributed by atoms with Crippen LogP contribution in [0.1, 0.15) is 74.1 Å². The van der Waals surface area contributed by atoms with E-state index in [1.807, 2.05) is 20.8 Å². The molecule has 0 saturated heterocycles. The Kier molecular flexibility index (Phi) is 7.85. The average molecular weight is 327 g/mol. The van der Waals surface area contributed by atoms with E-state index in [0.717, 1.165) is 38.1 Å². The zero-order valence-corrected chi connectivity index (χ0v) is 16.2. The number of hydrogen-bond acceptors (Lipinski definition) is 3.